The van der Waals surface area contributed by atoms with Crippen LogP contribution in [0.4, 0.5) is 0 Å². The third-order valence-corrected chi connectivity index (χ3v) is 4.40. The molecule has 27 heavy (non-hydrogen) atoms. The second-order valence-electron chi connectivity index (χ2n) is 6.24. The van der Waals surface area contributed by atoms with E-state index in [1.54, 1.807) is 16.5 Å². The third kappa shape index (κ3) is 4.83. The van der Waals surface area contributed by atoms with Crippen molar-refractivity contribution in [2.75, 3.05) is 6.54 Å². The lowest BCUT2D eigenvalue weighted by Crippen LogP contribution is -2.23. The second kappa shape index (κ2) is 8.82. The van der Waals surface area contributed by atoms with Crippen LogP contribution in [0, 0.1) is 0 Å². The van der Waals surface area contributed by atoms with E-state index in [-0.39, 0.29) is 0 Å². The van der Waals surface area contributed by atoms with Gasteiger partial charge in [-0.2, -0.15) is 0 Å². The van der Waals surface area contributed by atoms with Crippen molar-refractivity contribution < 1.29 is 14.8 Å². The van der Waals surface area contributed by atoms with E-state index < -0.39 is 5.91 Å². The zero-order valence-corrected chi connectivity index (χ0v) is 14.8. The number of hydrogen-bond acceptors (Lipinski definition) is 3. The highest BCUT2D eigenvalue weighted by Crippen LogP contribution is 2.18. The van der Waals surface area contributed by atoms with Crippen LogP contribution in [0.5, 0.6) is 0 Å². The minimum absolute atomic E-state index is 0.521. The molecule has 0 radical (unpaired) electrons. The van der Waals surface area contributed by atoms with E-state index in [0.29, 0.717) is 13.1 Å². The monoisotopic (exact) mass is 363 g/mol. The summed E-state index contributed by atoms with van der Waals surface area (Å²) in [5, 5.41) is 9.66. The van der Waals surface area contributed by atoms with Gasteiger partial charge in [0.1, 0.15) is 0 Å². The van der Waals surface area contributed by atoms with Crippen LogP contribution in [-0.2, 0) is 22.6 Å². The molecule has 0 bridgehead atoms. The number of carbonyl (C=O) groups excluding carboxylic acids is 2. The molecule has 0 saturated carbocycles. The third-order valence-electron chi connectivity index (χ3n) is 4.40. The summed E-state index contributed by atoms with van der Waals surface area (Å²) in [4.78, 5) is 27.4. The number of hydroxylamine groups is 1. The Bertz CT molecular complexity index is 945. The first-order valence-corrected chi connectivity index (χ1v) is 8.65. The molecule has 0 unspecified atom stereocenters. The number of nitrogens with zero attached hydrogens (tertiary/aromatic N) is 1. The van der Waals surface area contributed by atoms with E-state index in [2.05, 4.69) is 11.1 Å². The van der Waals surface area contributed by atoms with Crippen LogP contribution in [0.3, 0.4) is 0 Å². The molecule has 0 atom stereocenters. The standard InChI is InChI=1S/C21H21N3O3/c25-15-24(12-11-18-13-22-20-4-2-1-3-19(18)20)14-17-7-5-16(6-8-17)9-10-21(26)23-27/h1-10,13,15,22,27H,11-12,14H2,(H,23,26)/b10-9+. The van der Waals surface area contributed by atoms with E-state index in [1.165, 1.54) is 17.0 Å². The average molecular weight is 363 g/mol. The summed E-state index contributed by atoms with van der Waals surface area (Å²) in [5.41, 5.74) is 5.68. The largest absolute Gasteiger partial charge is 0.361 e. The van der Waals surface area contributed by atoms with Crippen molar-refractivity contribution in [1.29, 1.82) is 0 Å². The van der Waals surface area contributed by atoms with Crippen LogP contribution >= 0.6 is 0 Å². The summed E-state index contributed by atoms with van der Waals surface area (Å²) in [7, 11) is 0. The molecule has 3 N–H and O–H groups in total. The Morgan fingerprint density at radius 1 is 1.15 bits per heavy atom. The first kappa shape index (κ1) is 18.4. The van der Waals surface area contributed by atoms with E-state index in [9.17, 15) is 9.59 Å². The average Bonchev–Trinajstić information content (AvgIpc) is 3.13. The summed E-state index contributed by atoms with van der Waals surface area (Å²) < 4.78 is 0. The number of aromatic amines is 1. The number of benzene rings is 2. The van der Waals surface area contributed by atoms with Gasteiger partial charge in [0, 0.05) is 36.3 Å². The Morgan fingerprint density at radius 3 is 2.67 bits per heavy atom. The molecule has 138 valence electrons. The number of fused-ring (bicyclic) bond motifs is 1. The van der Waals surface area contributed by atoms with Gasteiger partial charge in [0.15, 0.2) is 0 Å². The maximum Gasteiger partial charge on any atom is 0.267 e. The highest BCUT2D eigenvalue weighted by molar-refractivity contribution is 5.90. The summed E-state index contributed by atoms with van der Waals surface area (Å²) >= 11 is 0. The minimum Gasteiger partial charge on any atom is -0.361 e. The Morgan fingerprint density at radius 2 is 1.93 bits per heavy atom. The molecule has 0 spiro atoms. The number of aromatic nitrogens is 1. The molecule has 3 rings (SSSR count). The highest BCUT2D eigenvalue weighted by atomic mass is 16.5. The van der Waals surface area contributed by atoms with Crippen molar-refractivity contribution in [3.63, 3.8) is 0 Å². The van der Waals surface area contributed by atoms with Crippen LogP contribution in [-0.4, -0.2) is 34.0 Å². The maximum absolute atomic E-state index is 11.4. The van der Waals surface area contributed by atoms with Crippen molar-refractivity contribution in [3.8, 4) is 0 Å². The van der Waals surface area contributed by atoms with E-state index >= 15 is 0 Å². The maximum atomic E-state index is 11.4. The van der Waals surface area contributed by atoms with E-state index in [0.717, 1.165) is 29.5 Å². The Balaban J connectivity index is 1.59. The van der Waals surface area contributed by atoms with Crippen molar-refractivity contribution >= 4 is 29.3 Å². The molecule has 6 heteroatoms. The molecule has 2 amide bonds. The Kier molecular flexibility index (Phi) is 6.02. The van der Waals surface area contributed by atoms with Crippen LogP contribution in [0.2, 0.25) is 0 Å². The summed E-state index contributed by atoms with van der Waals surface area (Å²) in [6.45, 7) is 1.15. The molecule has 0 aliphatic heterocycles. The molecule has 0 aliphatic rings. The van der Waals surface area contributed by atoms with Crippen LogP contribution in [0.1, 0.15) is 16.7 Å². The van der Waals surface area contributed by atoms with Gasteiger partial charge in [-0.05, 0) is 35.3 Å². The van der Waals surface area contributed by atoms with Crippen molar-refractivity contribution in [3.05, 3.63) is 77.5 Å². The van der Waals surface area contributed by atoms with Crippen LogP contribution < -0.4 is 5.48 Å². The highest BCUT2D eigenvalue weighted by Gasteiger charge is 2.07. The molecular formula is C21H21N3O3. The number of nitrogens with one attached hydrogen (secondary N) is 2. The smallest absolute Gasteiger partial charge is 0.267 e. The molecule has 0 aliphatic carbocycles. The predicted molar refractivity (Wildman–Crippen MR) is 104 cm³/mol. The molecular weight excluding hydrogens is 342 g/mol. The molecule has 6 nitrogen and oxygen atoms in total. The normalized spacial score (nSPS) is 11.0. The van der Waals surface area contributed by atoms with Crippen molar-refractivity contribution in [1.82, 2.24) is 15.4 Å². The number of hydrogen-bond donors (Lipinski definition) is 3. The van der Waals surface area contributed by atoms with Gasteiger partial charge >= 0.3 is 0 Å². The minimum atomic E-state index is -0.580. The van der Waals surface area contributed by atoms with Gasteiger partial charge in [-0.25, -0.2) is 5.48 Å². The van der Waals surface area contributed by atoms with Crippen molar-refractivity contribution in [2.24, 2.45) is 0 Å². The number of para-hydroxylation sites is 1. The predicted octanol–water partition coefficient (Wildman–Crippen LogP) is 2.89. The fraction of sp³-hybridized carbons (Fsp3) is 0.143. The van der Waals surface area contributed by atoms with Gasteiger partial charge < -0.3 is 9.88 Å². The molecule has 1 aromatic heterocycles. The van der Waals surface area contributed by atoms with Gasteiger partial charge in [-0.3, -0.25) is 14.8 Å². The Labute approximate surface area is 157 Å². The fourth-order valence-electron chi connectivity index (χ4n) is 2.95. The number of amides is 2. The van der Waals surface area contributed by atoms with Gasteiger partial charge in [0.25, 0.3) is 5.91 Å². The molecule has 2 aromatic carbocycles. The second-order valence-corrected chi connectivity index (χ2v) is 6.24. The van der Waals surface area contributed by atoms with Gasteiger partial charge in [0.2, 0.25) is 6.41 Å². The lowest BCUT2D eigenvalue weighted by Gasteiger charge is -2.17. The first-order chi connectivity index (χ1) is 13.2. The topological polar surface area (TPSA) is 85.4 Å². The number of carbonyl (C=O) groups is 2. The fourth-order valence-corrected chi connectivity index (χ4v) is 2.95. The number of rotatable bonds is 8. The van der Waals surface area contributed by atoms with E-state index in [1.807, 2.05) is 48.7 Å². The molecule has 0 saturated heterocycles. The zero-order valence-electron chi connectivity index (χ0n) is 14.8. The number of H-pyrrole nitrogens is 1. The summed E-state index contributed by atoms with van der Waals surface area (Å²) in [6.07, 6.45) is 6.49. The lowest BCUT2D eigenvalue weighted by atomic mass is 10.1. The summed E-state index contributed by atoms with van der Waals surface area (Å²) in [6, 6.07) is 15.7. The summed E-state index contributed by atoms with van der Waals surface area (Å²) in [5.74, 6) is -0.580. The molecule has 1 heterocycles. The first-order valence-electron chi connectivity index (χ1n) is 8.65. The molecule has 3 aromatic rings. The van der Waals surface area contributed by atoms with E-state index in [4.69, 9.17) is 5.21 Å². The molecule has 0 fully saturated rings. The van der Waals surface area contributed by atoms with Gasteiger partial charge in [0.05, 0.1) is 0 Å². The Hall–Kier alpha value is -3.38. The van der Waals surface area contributed by atoms with Crippen LogP contribution in [0.25, 0.3) is 17.0 Å². The van der Waals surface area contributed by atoms with Gasteiger partial charge in [-0.1, -0.05) is 42.5 Å². The lowest BCUT2D eigenvalue weighted by molar-refractivity contribution is -0.124. The van der Waals surface area contributed by atoms with Crippen molar-refractivity contribution in [2.45, 2.75) is 13.0 Å². The zero-order chi connectivity index (χ0) is 19.1. The van der Waals surface area contributed by atoms with Crippen LogP contribution in [0.15, 0.2) is 60.8 Å². The SMILES string of the molecule is O=CN(CCc1c[nH]c2ccccc12)Cc1ccc(/C=C/C(=O)NO)cc1. The quantitative estimate of drug-likeness (QED) is 0.249. The van der Waals surface area contributed by atoms with Gasteiger partial charge in [-0.15, -0.1) is 0 Å².